The maximum Gasteiger partial charge on any atom is 0.312 e. The number of ether oxygens (including phenoxy) is 1. The number of aliphatic hydroxyl groups is 1. The molecule has 2 fully saturated rings. The van der Waals surface area contributed by atoms with Crippen LogP contribution in [0.2, 0.25) is 0 Å². The van der Waals surface area contributed by atoms with Crippen molar-refractivity contribution in [3.63, 3.8) is 0 Å². The lowest BCUT2D eigenvalue weighted by molar-refractivity contribution is -0.156. The Morgan fingerprint density at radius 1 is 1.82 bits per heavy atom. The average molecular weight is 157 g/mol. The summed E-state index contributed by atoms with van der Waals surface area (Å²) in [5.74, 6) is -0.684. The molecule has 2 bridgehead atoms. The minimum Gasteiger partial charge on any atom is -0.455 e. The first-order chi connectivity index (χ1) is 5.05. The monoisotopic (exact) mass is 157 g/mol. The summed E-state index contributed by atoms with van der Waals surface area (Å²) in [5.41, 5.74) is 4.85. The summed E-state index contributed by atoms with van der Waals surface area (Å²) in [6.07, 6.45) is -0.152. The first-order valence-corrected chi connectivity index (χ1v) is 3.72. The van der Waals surface area contributed by atoms with Crippen molar-refractivity contribution in [3.05, 3.63) is 0 Å². The fraction of sp³-hybridized carbons (Fsp3) is 0.857. The van der Waals surface area contributed by atoms with Gasteiger partial charge in [0.05, 0.1) is 5.92 Å². The molecule has 2 aliphatic rings. The number of carbonyl (C=O) groups is 1. The molecule has 1 saturated heterocycles. The fourth-order valence-corrected chi connectivity index (χ4v) is 1.91. The molecule has 4 heteroatoms. The highest BCUT2D eigenvalue weighted by molar-refractivity contribution is 5.78. The van der Waals surface area contributed by atoms with E-state index in [-0.39, 0.29) is 17.9 Å². The molecule has 62 valence electrons. The van der Waals surface area contributed by atoms with Gasteiger partial charge in [-0.3, -0.25) is 4.79 Å². The third kappa shape index (κ3) is 0.636. The van der Waals surface area contributed by atoms with Gasteiger partial charge in [0.2, 0.25) is 0 Å². The number of carbonyl (C=O) groups excluding carboxylic acids is 1. The van der Waals surface area contributed by atoms with E-state index < -0.39 is 11.7 Å². The van der Waals surface area contributed by atoms with Crippen molar-refractivity contribution in [3.8, 4) is 0 Å². The van der Waals surface area contributed by atoms with E-state index in [1.807, 2.05) is 0 Å². The first-order valence-electron chi connectivity index (χ1n) is 3.72. The Labute approximate surface area is 64.3 Å². The molecule has 1 aliphatic carbocycles. The number of fused-ring (bicyclic) bond motifs is 2. The summed E-state index contributed by atoms with van der Waals surface area (Å²) >= 11 is 0. The van der Waals surface area contributed by atoms with Gasteiger partial charge in [-0.1, -0.05) is 0 Å². The van der Waals surface area contributed by atoms with Crippen LogP contribution in [-0.2, 0) is 9.53 Å². The van der Waals surface area contributed by atoms with Gasteiger partial charge in [0.1, 0.15) is 6.10 Å². The number of esters is 1. The van der Waals surface area contributed by atoms with Crippen molar-refractivity contribution in [2.24, 2.45) is 11.7 Å². The molecule has 0 amide bonds. The lowest BCUT2D eigenvalue weighted by atomic mass is 9.99. The molecule has 0 spiro atoms. The van der Waals surface area contributed by atoms with Gasteiger partial charge in [-0.05, 0) is 13.3 Å². The first kappa shape index (κ1) is 7.06. The molecule has 1 heterocycles. The van der Waals surface area contributed by atoms with Gasteiger partial charge in [-0.15, -0.1) is 0 Å². The summed E-state index contributed by atoms with van der Waals surface area (Å²) in [5, 5.41) is 9.50. The second kappa shape index (κ2) is 1.76. The summed E-state index contributed by atoms with van der Waals surface area (Å²) in [4.78, 5) is 11.0. The highest BCUT2D eigenvalue weighted by Crippen LogP contribution is 2.44. The van der Waals surface area contributed by atoms with Crippen molar-refractivity contribution in [2.45, 2.75) is 31.1 Å². The standard InChI is InChI=1S/C7H11NO3/c1-7-4(8)2-3(5(7)9)6(10)11-7/h3-5,9H,2,8H2,1H3. The normalized spacial score (nSPS) is 54.8. The average Bonchev–Trinajstić information content (AvgIpc) is 2.23. The largest absolute Gasteiger partial charge is 0.455 e. The molecule has 1 aliphatic heterocycles. The van der Waals surface area contributed by atoms with Crippen LogP contribution in [0.3, 0.4) is 0 Å². The molecule has 4 unspecified atom stereocenters. The molecule has 1 saturated carbocycles. The van der Waals surface area contributed by atoms with E-state index in [4.69, 9.17) is 10.5 Å². The van der Waals surface area contributed by atoms with Crippen LogP contribution in [0, 0.1) is 5.92 Å². The fourth-order valence-electron chi connectivity index (χ4n) is 1.91. The second-order valence-electron chi connectivity index (χ2n) is 3.50. The highest BCUT2D eigenvalue weighted by atomic mass is 16.6. The van der Waals surface area contributed by atoms with Gasteiger partial charge in [-0.2, -0.15) is 0 Å². The van der Waals surface area contributed by atoms with Crippen molar-refractivity contribution >= 4 is 5.97 Å². The lowest BCUT2D eigenvalue weighted by Crippen LogP contribution is -2.48. The van der Waals surface area contributed by atoms with Gasteiger partial charge >= 0.3 is 5.97 Å². The molecule has 11 heavy (non-hydrogen) atoms. The van der Waals surface area contributed by atoms with Gasteiger partial charge in [-0.25, -0.2) is 0 Å². The van der Waals surface area contributed by atoms with Crippen LogP contribution in [-0.4, -0.2) is 28.8 Å². The molecule has 3 N–H and O–H groups in total. The van der Waals surface area contributed by atoms with Crippen LogP contribution in [0.5, 0.6) is 0 Å². The third-order valence-electron chi connectivity index (χ3n) is 2.84. The second-order valence-corrected chi connectivity index (χ2v) is 3.50. The van der Waals surface area contributed by atoms with Crippen molar-refractivity contribution in [2.75, 3.05) is 0 Å². The van der Waals surface area contributed by atoms with Gasteiger partial charge < -0.3 is 15.6 Å². The molecule has 0 radical (unpaired) electrons. The Bertz CT molecular complexity index is 218. The van der Waals surface area contributed by atoms with Crippen molar-refractivity contribution in [1.29, 1.82) is 0 Å². The molecular formula is C7H11NO3. The Kier molecular flexibility index (Phi) is 1.13. The zero-order chi connectivity index (χ0) is 8.22. The topological polar surface area (TPSA) is 72.5 Å². The van der Waals surface area contributed by atoms with E-state index in [1.165, 1.54) is 0 Å². The number of nitrogens with two attached hydrogens (primary N) is 1. The number of aliphatic hydroxyl groups excluding tert-OH is 1. The van der Waals surface area contributed by atoms with E-state index in [1.54, 1.807) is 6.92 Å². The highest BCUT2D eigenvalue weighted by Gasteiger charge is 2.62. The summed E-state index contributed by atoms with van der Waals surface area (Å²) in [6, 6.07) is -0.208. The molecule has 4 nitrogen and oxygen atoms in total. The molecule has 0 aromatic rings. The Morgan fingerprint density at radius 3 is 2.73 bits per heavy atom. The molecular weight excluding hydrogens is 146 g/mol. The van der Waals surface area contributed by atoms with E-state index in [0.717, 1.165) is 0 Å². The lowest BCUT2D eigenvalue weighted by Gasteiger charge is -2.28. The maximum absolute atomic E-state index is 11.0. The predicted molar refractivity (Wildman–Crippen MR) is 36.6 cm³/mol. The quantitative estimate of drug-likeness (QED) is 0.443. The number of hydrogen-bond donors (Lipinski definition) is 2. The Hall–Kier alpha value is -0.610. The van der Waals surface area contributed by atoms with Gasteiger partial charge in [0.15, 0.2) is 5.60 Å². The van der Waals surface area contributed by atoms with Crippen LogP contribution in [0.25, 0.3) is 0 Å². The minimum absolute atomic E-state index is 0.208. The minimum atomic E-state index is -0.818. The van der Waals surface area contributed by atoms with Crippen LogP contribution < -0.4 is 5.73 Å². The molecule has 2 rings (SSSR count). The number of hydrogen-bond acceptors (Lipinski definition) is 4. The summed E-state index contributed by atoms with van der Waals surface area (Å²) in [7, 11) is 0. The maximum atomic E-state index is 11.0. The Morgan fingerprint density at radius 2 is 2.45 bits per heavy atom. The molecule has 0 aromatic heterocycles. The van der Waals surface area contributed by atoms with Crippen LogP contribution >= 0.6 is 0 Å². The smallest absolute Gasteiger partial charge is 0.312 e. The van der Waals surface area contributed by atoms with Crippen LogP contribution in [0.1, 0.15) is 13.3 Å². The SMILES string of the molecule is CC12OC(=O)C(CC1N)C2O. The summed E-state index contributed by atoms with van der Waals surface area (Å²) < 4.78 is 4.96. The number of rotatable bonds is 0. The van der Waals surface area contributed by atoms with Crippen molar-refractivity contribution < 1.29 is 14.6 Å². The third-order valence-corrected chi connectivity index (χ3v) is 2.84. The van der Waals surface area contributed by atoms with Crippen molar-refractivity contribution in [1.82, 2.24) is 0 Å². The molecule has 4 atom stereocenters. The zero-order valence-electron chi connectivity index (χ0n) is 6.28. The predicted octanol–water partition coefficient (Wildman–Crippen LogP) is -0.990. The molecule has 0 aromatic carbocycles. The van der Waals surface area contributed by atoms with E-state index in [0.29, 0.717) is 6.42 Å². The Balaban J connectivity index is 2.37. The van der Waals surface area contributed by atoms with E-state index in [9.17, 15) is 9.90 Å². The van der Waals surface area contributed by atoms with E-state index in [2.05, 4.69) is 0 Å². The van der Waals surface area contributed by atoms with Crippen LogP contribution in [0.4, 0.5) is 0 Å². The van der Waals surface area contributed by atoms with Gasteiger partial charge in [0, 0.05) is 6.04 Å². The summed E-state index contributed by atoms with van der Waals surface area (Å²) in [6.45, 7) is 1.69. The zero-order valence-corrected chi connectivity index (χ0v) is 6.28. The van der Waals surface area contributed by atoms with E-state index >= 15 is 0 Å². The van der Waals surface area contributed by atoms with Gasteiger partial charge in [0.25, 0.3) is 0 Å². The van der Waals surface area contributed by atoms with Crippen LogP contribution in [0.15, 0.2) is 0 Å².